The largest absolute Gasteiger partial charge is 0.497 e. The van der Waals surface area contributed by atoms with Crippen LogP contribution in [0.5, 0.6) is 17.2 Å². The van der Waals surface area contributed by atoms with Gasteiger partial charge in [0.25, 0.3) is 0 Å². The van der Waals surface area contributed by atoms with E-state index in [-0.39, 0.29) is 0 Å². The average molecular weight is 224 g/mol. The zero-order valence-corrected chi connectivity index (χ0v) is 9.51. The Morgan fingerprint density at radius 2 is 1.65 bits per heavy atom. The summed E-state index contributed by atoms with van der Waals surface area (Å²) in [6.45, 7) is 0. The zero-order valence-electron chi connectivity index (χ0n) is 9.51. The summed E-state index contributed by atoms with van der Waals surface area (Å²) in [6, 6.07) is 13.8. The van der Waals surface area contributed by atoms with Gasteiger partial charge in [-0.2, -0.15) is 0 Å². The molecule has 2 aromatic carbocycles. The van der Waals surface area contributed by atoms with E-state index >= 15 is 0 Å². The molecule has 2 heteroatoms. The molecule has 0 fully saturated rings. The molecule has 3 rings (SSSR count). The van der Waals surface area contributed by atoms with Gasteiger partial charge < -0.3 is 9.47 Å². The molecule has 84 valence electrons. The van der Waals surface area contributed by atoms with Crippen molar-refractivity contribution in [3.05, 3.63) is 53.6 Å². The van der Waals surface area contributed by atoms with E-state index < -0.39 is 0 Å². The molecule has 17 heavy (non-hydrogen) atoms. The number of hydrogen-bond donors (Lipinski definition) is 0. The molecule has 0 radical (unpaired) electrons. The molecule has 0 N–H and O–H groups in total. The highest BCUT2D eigenvalue weighted by atomic mass is 16.5. The van der Waals surface area contributed by atoms with Gasteiger partial charge in [-0.3, -0.25) is 0 Å². The highest BCUT2D eigenvalue weighted by Gasteiger charge is 2.10. The van der Waals surface area contributed by atoms with Crippen LogP contribution < -0.4 is 9.47 Å². The molecule has 0 unspecified atom stereocenters. The molecule has 0 amide bonds. The van der Waals surface area contributed by atoms with Crippen LogP contribution >= 0.6 is 0 Å². The minimum atomic E-state index is 0.802. The summed E-state index contributed by atoms with van der Waals surface area (Å²) >= 11 is 0. The minimum Gasteiger partial charge on any atom is -0.497 e. The van der Waals surface area contributed by atoms with Gasteiger partial charge in [-0.25, -0.2) is 0 Å². The number of methoxy groups -OCH3 is 1. The van der Waals surface area contributed by atoms with Crippen LogP contribution in [0.1, 0.15) is 11.1 Å². The summed E-state index contributed by atoms with van der Waals surface area (Å²) in [5.41, 5.74) is 2.14. The molecule has 0 bridgehead atoms. The Balaban J connectivity index is 2.12. The van der Waals surface area contributed by atoms with Crippen LogP contribution in [0.3, 0.4) is 0 Å². The van der Waals surface area contributed by atoms with E-state index in [1.807, 2.05) is 42.5 Å². The van der Waals surface area contributed by atoms with Crippen molar-refractivity contribution in [1.82, 2.24) is 0 Å². The van der Waals surface area contributed by atoms with E-state index in [9.17, 15) is 0 Å². The van der Waals surface area contributed by atoms with E-state index in [1.54, 1.807) is 7.11 Å². The van der Waals surface area contributed by atoms with Crippen molar-refractivity contribution in [2.45, 2.75) is 0 Å². The molecule has 0 aromatic heterocycles. The summed E-state index contributed by atoms with van der Waals surface area (Å²) in [5, 5.41) is 0. The first-order chi connectivity index (χ1) is 8.36. The second-order valence-electron chi connectivity index (χ2n) is 3.88. The molecule has 1 aliphatic rings. The third kappa shape index (κ3) is 1.78. The Hall–Kier alpha value is -2.22. The maximum Gasteiger partial charge on any atom is 0.138 e. The SMILES string of the molecule is COc1ccc2c(c1)Oc1ccccc1C=C2. The zero-order chi connectivity index (χ0) is 11.7. The standard InChI is InChI=1S/C15H12O2/c1-16-13-9-8-12-7-6-11-4-2-3-5-14(11)17-15(12)10-13/h2-10H,1H3. The number of benzene rings is 2. The normalized spacial score (nSPS) is 12.1. The van der Waals surface area contributed by atoms with Gasteiger partial charge in [-0.1, -0.05) is 30.4 Å². The molecule has 0 aliphatic carbocycles. The van der Waals surface area contributed by atoms with Crippen molar-refractivity contribution < 1.29 is 9.47 Å². The molecule has 0 atom stereocenters. The molecule has 1 heterocycles. The Kier molecular flexibility index (Phi) is 2.33. The lowest BCUT2D eigenvalue weighted by atomic mass is 10.1. The summed E-state index contributed by atoms with van der Waals surface area (Å²) in [5.74, 6) is 2.50. The number of para-hydroxylation sites is 1. The van der Waals surface area contributed by atoms with Gasteiger partial charge >= 0.3 is 0 Å². The molecule has 2 aromatic rings. The second kappa shape index (κ2) is 3.98. The maximum atomic E-state index is 5.90. The minimum absolute atomic E-state index is 0.802. The van der Waals surface area contributed by atoms with Crippen LogP contribution in [0.15, 0.2) is 42.5 Å². The lowest BCUT2D eigenvalue weighted by Gasteiger charge is -2.09. The van der Waals surface area contributed by atoms with Gasteiger partial charge in [0.05, 0.1) is 7.11 Å². The highest BCUT2D eigenvalue weighted by molar-refractivity contribution is 5.77. The first-order valence-electron chi connectivity index (χ1n) is 5.50. The fraction of sp³-hybridized carbons (Fsp3) is 0.0667. The van der Waals surface area contributed by atoms with E-state index in [0.717, 1.165) is 28.4 Å². The first-order valence-corrected chi connectivity index (χ1v) is 5.50. The number of hydrogen-bond acceptors (Lipinski definition) is 2. The smallest absolute Gasteiger partial charge is 0.138 e. The van der Waals surface area contributed by atoms with Crippen LogP contribution in [-0.4, -0.2) is 7.11 Å². The van der Waals surface area contributed by atoms with Gasteiger partial charge in [0, 0.05) is 17.2 Å². The second-order valence-corrected chi connectivity index (χ2v) is 3.88. The Morgan fingerprint density at radius 3 is 2.47 bits per heavy atom. The van der Waals surface area contributed by atoms with Crippen molar-refractivity contribution >= 4 is 12.2 Å². The molecule has 2 nitrogen and oxygen atoms in total. The van der Waals surface area contributed by atoms with Gasteiger partial charge in [-0.05, 0) is 18.2 Å². The third-order valence-electron chi connectivity index (χ3n) is 2.80. The van der Waals surface area contributed by atoms with Crippen LogP contribution in [-0.2, 0) is 0 Å². The summed E-state index contributed by atoms with van der Waals surface area (Å²) in [6.07, 6.45) is 4.12. The molecule has 0 spiro atoms. The highest BCUT2D eigenvalue weighted by Crippen LogP contribution is 2.35. The molecule has 1 aliphatic heterocycles. The van der Waals surface area contributed by atoms with E-state index in [1.165, 1.54) is 0 Å². The summed E-state index contributed by atoms with van der Waals surface area (Å²) in [7, 11) is 1.65. The topological polar surface area (TPSA) is 18.5 Å². The number of ether oxygens (including phenoxy) is 2. The van der Waals surface area contributed by atoms with Crippen molar-refractivity contribution in [2.24, 2.45) is 0 Å². The lowest BCUT2D eigenvalue weighted by molar-refractivity contribution is 0.409. The first kappa shape index (κ1) is 9.97. The van der Waals surface area contributed by atoms with Gasteiger partial charge in [0.1, 0.15) is 17.2 Å². The van der Waals surface area contributed by atoms with Crippen molar-refractivity contribution in [1.29, 1.82) is 0 Å². The van der Waals surface area contributed by atoms with E-state index in [4.69, 9.17) is 9.47 Å². The monoisotopic (exact) mass is 224 g/mol. The number of fused-ring (bicyclic) bond motifs is 2. The predicted molar refractivity (Wildman–Crippen MR) is 68.4 cm³/mol. The van der Waals surface area contributed by atoms with Crippen LogP contribution in [0.2, 0.25) is 0 Å². The van der Waals surface area contributed by atoms with Crippen molar-refractivity contribution in [3.8, 4) is 17.2 Å². The van der Waals surface area contributed by atoms with Crippen molar-refractivity contribution in [3.63, 3.8) is 0 Å². The van der Waals surface area contributed by atoms with Crippen molar-refractivity contribution in [2.75, 3.05) is 7.11 Å². The molecular weight excluding hydrogens is 212 g/mol. The maximum absolute atomic E-state index is 5.90. The van der Waals surface area contributed by atoms with Gasteiger partial charge in [0.15, 0.2) is 0 Å². The van der Waals surface area contributed by atoms with E-state index in [2.05, 4.69) is 12.2 Å². The van der Waals surface area contributed by atoms with Crippen LogP contribution in [0, 0.1) is 0 Å². The van der Waals surface area contributed by atoms with Crippen LogP contribution in [0.25, 0.3) is 12.2 Å². The predicted octanol–water partition coefficient (Wildman–Crippen LogP) is 3.97. The Labute approximate surface area is 100 Å². The van der Waals surface area contributed by atoms with Crippen LogP contribution in [0.4, 0.5) is 0 Å². The average Bonchev–Trinajstić information content (AvgIpc) is 2.56. The molecule has 0 saturated carbocycles. The summed E-state index contributed by atoms with van der Waals surface area (Å²) in [4.78, 5) is 0. The fourth-order valence-corrected chi connectivity index (χ4v) is 1.88. The third-order valence-corrected chi connectivity index (χ3v) is 2.80. The van der Waals surface area contributed by atoms with E-state index in [0.29, 0.717) is 0 Å². The van der Waals surface area contributed by atoms with Gasteiger partial charge in [-0.15, -0.1) is 0 Å². The summed E-state index contributed by atoms with van der Waals surface area (Å²) < 4.78 is 11.1. The molecular formula is C15H12O2. The van der Waals surface area contributed by atoms with Gasteiger partial charge in [0.2, 0.25) is 0 Å². The molecule has 0 saturated heterocycles. The number of rotatable bonds is 1. The fourth-order valence-electron chi connectivity index (χ4n) is 1.88. The Bertz CT molecular complexity index is 585. The lowest BCUT2D eigenvalue weighted by Crippen LogP contribution is -1.89. The Morgan fingerprint density at radius 1 is 0.882 bits per heavy atom. The quantitative estimate of drug-likeness (QED) is 0.622.